The third kappa shape index (κ3) is 4.21. The molecule has 1 atom stereocenters. The summed E-state index contributed by atoms with van der Waals surface area (Å²) in [5.74, 6) is -1.95. The van der Waals surface area contributed by atoms with E-state index in [0.717, 1.165) is 62.9 Å². The maximum Gasteiger partial charge on any atom is 0.270 e. The molecule has 2 aliphatic rings. The summed E-state index contributed by atoms with van der Waals surface area (Å²) in [6.45, 7) is 3.81. The van der Waals surface area contributed by atoms with Crippen molar-refractivity contribution in [1.29, 1.82) is 0 Å². The molecular formula is C26H29F2N3O. The summed E-state index contributed by atoms with van der Waals surface area (Å²) in [6, 6.07) is 14.9. The van der Waals surface area contributed by atoms with Crippen molar-refractivity contribution in [3.63, 3.8) is 0 Å². The number of fused-ring (bicyclic) bond motifs is 2. The van der Waals surface area contributed by atoms with Crippen molar-refractivity contribution in [3.8, 4) is 11.3 Å². The lowest BCUT2D eigenvalue weighted by Crippen LogP contribution is -2.35. The number of imidazole rings is 1. The van der Waals surface area contributed by atoms with E-state index in [1.54, 1.807) is 12.1 Å². The van der Waals surface area contributed by atoms with E-state index in [0.29, 0.717) is 0 Å². The number of hydrogen-bond acceptors (Lipinski definition) is 3. The number of aryl methyl sites for hydroxylation is 2. The zero-order valence-electron chi connectivity index (χ0n) is 18.6. The van der Waals surface area contributed by atoms with Crippen LogP contribution in [0.15, 0.2) is 54.7 Å². The van der Waals surface area contributed by atoms with Crippen LogP contribution in [0.2, 0.25) is 0 Å². The summed E-state index contributed by atoms with van der Waals surface area (Å²) in [7, 11) is 2.15. The lowest BCUT2D eigenvalue weighted by molar-refractivity contribution is -0.0275. The molecule has 6 heteroatoms. The van der Waals surface area contributed by atoms with Crippen molar-refractivity contribution in [2.75, 3.05) is 20.1 Å². The molecule has 1 aromatic heterocycles. The third-order valence-electron chi connectivity index (χ3n) is 6.68. The highest BCUT2D eigenvalue weighted by atomic mass is 19.3. The summed E-state index contributed by atoms with van der Waals surface area (Å²) in [6.07, 6.45) is 4.93. The molecule has 0 radical (unpaired) electrons. The van der Waals surface area contributed by atoms with Gasteiger partial charge in [-0.25, -0.2) is 13.8 Å². The molecule has 0 aliphatic carbocycles. The molecule has 1 fully saturated rings. The van der Waals surface area contributed by atoms with E-state index < -0.39 is 5.92 Å². The quantitative estimate of drug-likeness (QED) is 0.546. The molecule has 168 valence electrons. The Morgan fingerprint density at radius 2 is 1.72 bits per heavy atom. The van der Waals surface area contributed by atoms with Gasteiger partial charge in [0.1, 0.15) is 11.9 Å². The molecular weight excluding hydrogens is 408 g/mol. The molecule has 0 saturated carbocycles. The summed E-state index contributed by atoms with van der Waals surface area (Å²) in [5, 5.41) is 0. The number of likely N-dealkylation sites (tertiary alicyclic amines) is 1. The molecule has 1 unspecified atom stereocenters. The van der Waals surface area contributed by atoms with E-state index >= 15 is 0 Å². The van der Waals surface area contributed by atoms with Gasteiger partial charge in [-0.3, -0.25) is 0 Å². The molecule has 2 aromatic carbocycles. The van der Waals surface area contributed by atoms with Crippen LogP contribution in [0, 0.1) is 0 Å². The van der Waals surface area contributed by atoms with Gasteiger partial charge in [0.2, 0.25) is 0 Å². The van der Waals surface area contributed by atoms with Crippen LogP contribution in [0.3, 0.4) is 0 Å². The van der Waals surface area contributed by atoms with Crippen LogP contribution in [-0.2, 0) is 23.6 Å². The van der Waals surface area contributed by atoms with E-state index in [-0.39, 0.29) is 17.8 Å². The van der Waals surface area contributed by atoms with Crippen LogP contribution in [0.25, 0.3) is 11.3 Å². The Balaban J connectivity index is 1.49. The van der Waals surface area contributed by atoms with E-state index in [4.69, 9.17) is 9.72 Å². The van der Waals surface area contributed by atoms with Gasteiger partial charge in [0.15, 0.2) is 0 Å². The van der Waals surface area contributed by atoms with Crippen molar-refractivity contribution in [1.82, 2.24) is 14.5 Å². The number of hydrogen-bond donors (Lipinski definition) is 0. The number of alkyl halides is 2. The standard InChI is InChI=1S/C26H29F2N3O/c1-26(27,28)20-9-7-19(8-10-20)23-17-31-16-11-18-5-3-4-6-22(18)24(25(31)29-23)32-21-12-14-30(2)15-13-21/h3-10,17,21,24H,11-16H2,1-2H3. The van der Waals surface area contributed by atoms with Gasteiger partial charge in [-0.1, -0.05) is 48.5 Å². The molecule has 0 spiro atoms. The molecule has 3 heterocycles. The minimum atomic E-state index is -2.85. The van der Waals surface area contributed by atoms with Crippen LogP contribution in [0.5, 0.6) is 0 Å². The Labute approximate surface area is 187 Å². The highest BCUT2D eigenvalue weighted by Crippen LogP contribution is 2.36. The average molecular weight is 438 g/mol. The van der Waals surface area contributed by atoms with Gasteiger partial charge in [0.05, 0.1) is 11.8 Å². The van der Waals surface area contributed by atoms with E-state index in [2.05, 4.69) is 40.8 Å². The van der Waals surface area contributed by atoms with E-state index in [1.807, 2.05) is 6.20 Å². The smallest absolute Gasteiger partial charge is 0.270 e. The lowest BCUT2D eigenvalue weighted by Gasteiger charge is -2.32. The topological polar surface area (TPSA) is 30.3 Å². The van der Waals surface area contributed by atoms with Gasteiger partial charge in [-0.05, 0) is 37.4 Å². The number of piperidine rings is 1. The largest absolute Gasteiger partial charge is 0.362 e. The molecule has 1 saturated heterocycles. The van der Waals surface area contributed by atoms with Crippen LogP contribution in [-0.4, -0.2) is 40.7 Å². The zero-order chi connectivity index (χ0) is 22.3. The fourth-order valence-electron chi connectivity index (χ4n) is 4.74. The van der Waals surface area contributed by atoms with Gasteiger partial charge >= 0.3 is 0 Å². The van der Waals surface area contributed by atoms with Crippen molar-refractivity contribution < 1.29 is 13.5 Å². The lowest BCUT2D eigenvalue weighted by atomic mass is 10.00. The minimum Gasteiger partial charge on any atom is -0.362 e. The number of rotatable bonds is 4. The summed E-state index contributed by atoms with van der Waals surface area (Å²) in [4.78, 5) is 7.31. The van der Waals surface area contributed by atoms with Crippen LogP contribution < -0.4 is 0 Å². The molecule has 0 amide bonds. The van der Waals surface area contributed by atoms with Gasteiger partial charge in [0, 0.05) is 43.9 Å². The Bertz CT molecular complexity index is 1080. The molecule has 0 N–H and O–H groups in total. The average Bonchev–Trinajstić information content (AvgIpc) is 3.15. The molecule has 32 heavy (non-hydrogen) atoms. The second kappa shape index (κ2) is 8.41. The molecule has 5 rings (SSSR count). The highest BCUT2D eigenvalue weighted by Gasteiger charge is 2.31. The summed E-state index contributed by atoms with van der Waals surface area (Å²) >= 11 is 0. The van der Waals surface area contributed by atoms with Crippen LogP contribution in [0.4, 0.5) is 8.78 Å². The predicted octanol–water partition coefficient (Wildman–Crippen LogP) is 5.42. The Morgan fingerprint density at radius 3 is 2.44 bits per heavy atom. The number of benzene rings is 2. The third-order valence-corrected chi connectivity index (χ3v) is 6.68. The van der Waals surface area contributed by atoms with Gasteiger partial charge in [0.25, 0.3) is 5.92 Å². The Morgan fingerprint density at radius 1 is 1.00 bits per heavy atom. The van der Waals surface area contributed by atoms with Crippen molar-refractivity contribution >= 4 is 0 Å². The number of aromatic nitrogens is 2. The number of nitrogens with zero attached hydrogens (tertiary/aromatic N) is 3. The molecule has 0 bridgehead atoms. The number of halogens is 2. The summed E-state index contributed by atoms with van der Waals surface area (Å²) in [5.41, 5.74) is 4.13. The first-order chi connectivity index (χ1) is 15.4. The minimum absolute atomic E-state index is 0.0134. The Hall–Kier alpha value is -2.57. The maximum absolute atomic E-state index is 13.6. The predicted molar refractivity (Wildman–Crippen MR) is 121 cm³/mol. The second-order valence-corrected chi connectivity index (χ2v) is 9.11. The van der Waals surface area contributed by atoms with E-state index in [9.17, 15) is 8.78 Å². The molecule has 3 aromatic rings. The fraction of sp³-hybridized carbons (Fsp3) is 0.423. The van der Waals surface area contributed by atoms with E-state index in [1.165, 1.54) is 23.3 Å². The first-order valence-corrected chi connectivity index (χ1v) is 11.4. The second-order valence-electron chi connectivity index (χ2n) is 9.11. The van der Waals surface area contributed by atoms with Crippen LogP contribution in [0.1, 0.15) is 48.4 Å². The van der Waals surface area contributed by atoms with Gasteiger partial charge in [-0.15, -0.1) is 0 Å². The monoisotopic (exact) mass is 437 g/mol. The summed E-state index contributed by atoms with van der Waals surface area (Å²) < 4.78 is 36.1. The number of ether oxygens (including phenoxy) is 1. The zero-order valence-corrected chi connectivity index (χ0v) is 18.6. The maximum atomic E-state index is 13.6. The first kappa shape index (κ1) is 21.3. The van der Waals surface area contributed by atoms with Crippen LogP contribution >= 0.6 is 0 Å². The SMILES string of the molecule is CN1CCC(OC2c3ccccc3CCn3cc(-c4ccc(C(C)(F)F)cc4)nc32)CC1. The molecule has 2 aliphatic heterocycles. The molecule has 4 nitrogen and oxygen atoms in total. The first-order valence-electron chi connectivity index (χ1n) is 11.4. The van der Waals surface area contributed by atoms with Gasteiger partial charge in [-0.2, -0.15) is 0 Å². The highest BCUT2D eigenvalue weighted by molar-refractivity contribution is 5.59. The van der Waals surface area contributed by atoms with Crippen molar-refractivity contribution in [2.45, 2.75) is 50.9 Å². The van der Waals surface area contributed by atoms with Gasteiger partial charge < -0.3 is 14.2 Å². The normalized spacial score (nSPS) is 19.9. The Kier molecular flexibility index (Phi) is 5.59. The van der Waals surface area contributed by atoms with Crippen molar-refractivity contribution in [2.24, 2.45) is 0 Å². The van der Waals surface area contributed by atoms with Crippen molar-refractivity contribution in [3.05, 3.63) is 77.2 Å². The fourth-order valence-corrected chi connectivity index (χ4v) is 4.74.